The monoisotopic (exact) mass is 694 g/mol. The van der Waals surface area contributed by atoms with Gasteiger partial charge in [0.2, 0.25) is 6.79 Å². The lowest BCUT2D eigenvalue weighted by Gasteiger charge is -2.48. The third kappa shape index (κ3) is 8.09. The molecule has 2 aromatic rings. The molecule has 3 aliphatic rings. The number of rotatable bonds is 12. The fourth-order valence-electron chi connectivity index (χ4n) is 4.82. The Morgan fingerprint density at radius 3 is 2.27 bits per heavy atom. The highest BCUT2D eigenvalue weighted by Gasteiger charge is 2.53. The number of nitrogens with zero attached hydrogens (tertiary/aromatic N) is 2. The fraction of sp³-hybridized carbons (Fsp3) is 0.333. The third-order valence-electron chi connectivity index (χ3n) is 7.24. The number of ether oxygens (including phenoxy) is 4. The lowest BCUT2D eigenvalue weighted by Crippen LogP contribution is -2.71. The number of β-lactam (4-membered cyclic amide) rings is 1. The lowest BCUT2D eigenvalue weighted by molar-refractivity contribution is -0.173. The van der Waals surface area contributed by atoms with E-state index in [2.05, 4.69) is 10.3 Å². The van der Waals surface area contributed by atoms with E-state index in [1.54, 1.807) is 20.8 Å². The van der Waals surface area contributed by atoms with Crippen molar-refractivity contribution in [2.45, 2.75) is 44.4 Å². The van der Waals surface area contributed by atoms with Crippen molar-refractivity contribution >= 4 is 57.7 Å². The van der Waals surface area contributed by atoms with Crippen molar-refractivity contribution in [2.75, 3.05) is 19.2 Å². The Morgan fingerprint density at radius 2 is 1.69 bits per heavy atom. The molecule has 252 valence electrons. The first-order chi connectivity index (χ1) is 22.9. The first kappa shape index (κ1) is 34.7. The van der Waals surface area contributed by atoms with Crippen LogP contribution in [0.2, 0.25) is 0 Å². The van der Waals surface area contributed by atoms with Crippen molar-refractivity contribution in [3.63, 3.8) is 0 Å². The number of aliphatic imine (C=N–C) groups is 1. The van der Waals surface area contributed by atoms with E-state index in [0.29, 0.717) is 5.75 Å². The normalized spacial score (nSPS) is 20.5. The van der Waals surface area contributed by atoms with Gasteiger partial charge in [0, 0.05) is 11.2 Å². The number of hydrogen-bond donors (Lipinski definition) is 2. The number of esters is 3. The lowest BCUT2D eigenvalue weighted by atomic mass is 9.98. The third-order valence-corrected chi connectivity index (χ3v) is 9.25. The average molecular weight is 695 g/mol. The van der Waals surface area contributed by atoms with Gasteiger partial charge in [0.25, 0.3) is 11.8 Å². The van der Waals surface area contributed by atoms with Gasteiger partial charge in [-0.1, -0.05) is 60.7 Å². The van der Waals surface area contributed by atoms with Crippen molar-refractivity contribution in [1.29, 1.82) is 4.78 Å². The van der Waals surface area contributed by atoms with Crippen molar-refractivity contribution in [1.82, 2.24) is 10.2 Å². The summed E-state index contributed by atoms with van der Waals surface area (Å²) in [5.41, 5.74) is 2.14. The van der Waals surface area contributed by atoms with E-state index in [9.17, 15) is 24.0 Å². The fourth-order valence-corrected chi connectivity index (χ4v) is 6.76. The minimum atomic E-state index is -1.42. The summed E-state index contributed by atoms with van der Waals surface area (Å²) in [4.78, 5) is 69.9. The van der Waals surface area contributed by atoms with E-state index in [4.69, 9.17) is 23.7 Å². The number of fused-ring (bicyclic) bond motifs is 1. The maximum Gasteiger partial charge on any atom is 0.357 e. The molecule has 15 heteroatoms. The quantitative estimate of drug-likeness (QED) is 0.191. The first-order valence-corrected chi connectivity index (χ1v) is 17.2. The van der Waals surface area contributed by atoms with Crippen LogP contribution in [0.4, 0.5) is 0 Å². The molecule has 0 spiro atoms. The highest BCUT2D eigenvalue weighted by atomic mass is 32.2. The van der Waals surface area contributed by atoms with Crippen molar-refractivity contribution in [2.24, 2.45) is 10.4 Å². The number of amides is 2. The zero-order valence-electron chi connectivity index (χ0n) is 26.3. The van der Waals surface area contributed by atoms with Crippen LogP contribution in [0.5, 0.6) is 0 Å². The molecule has 2 N–H and O–H groups in total. The molecule has 3 unspecified atom stereocenters. The van der Waals surface area contributed by atoms with Gasteiger partial charge >= 0.3 is 17.9 Å². The molecular formula is C33H34N4O9S2. The minimum absolute atomic E-state index is 0.0238. The Bertz CT molecular complexity index is 1650. The second-order valence-electron chi connectivity index (χ2n) is 11.8. The maximum atomic E-state index is 13.5. The Balaban J connectivity index is 1.22. The molecule has 0 aliphatic carbocycles. The SMILES string of the molecule is CC(C)(C)C(=O)OCOC(=O)C1=CCS[C@@H]2C(NC(=O)C(OCC(=O)OC(c3ccccc3)c3ccccc3)C3=CS(=N)C=N3)C(=O)N12. The molecule has 0 bridgehead atoms. The van der Waals surface area contributed by atoms with Crippen LogP contribution >= 0.6 is 11.8 Å². The van der Waals surface area contributed by atoms with E-state index in [0.717, 1.165) is 11.1 Å². The summed E-state index contributed by atoms with van der Waals surface area (Å²) in [5.74, 6) is -3.11. The zero-order valence-corrected chi connectivity index (χ0v) is 28.0. The summed E-state index contributed by atoms with van der Waals surface area (Å²) in [5, 5.41) is 3.46. The molecule has 0 saturated carbocycles. The molecule has 2 amide bonds. The van der Waals surface area contributed by atoms with Crippen LogP contribution in [0, 0.1) is 10.2 Å². The molecule has 3 aliphatic heterocycles. The summed E-state index contributed by atoms with van der Waals surface area (Å²) in [7, 11) is -1.10. The van der Waals surface area contributed by atoms with Crippen LogP contribution in [0.25, 0.3) is 0 Å². The van der Waals surface area contributed by atoms with Crippen LogP contribution in [0.3, 0.4) is 0 Å². The topological polar surface area (TPSA) is 174 Å². The van der Waals surface area contributed by atoms with Crippen LogP contribution in [-0.4, -0.2) is 76.8 Å². The maximum absolute atomic E-state index is 13.5. The molecule has 2 aromatic carbocycles. The summed E-state index contributed by atoms with van der Waals surface area (Å²) >= 11 is 1.32. The minimum Gasteiger partial charge on any atom is -0.451 e. The summed E-state index contributed by atoms with van der Waals surface area (Å²) < 4.78 is 29.6. The highest BCUT2D eigenvalue weighted by molar-refractivity contribution is 8.02. The van der Waals surface area contributed by atoms with Crippen LogP contribution in [0.1, 0.15) is 38.0 Å². The molecule has 0 aromatic heterocycles. The number of nitrogens with one attached hydrogen (secondary N) is 2. The number of benzene rings is 2. The summed E-state index contributed by atoms with van der Waals surface area (Å²) in [6, 6.07) is 17.3. The van der Waals surface area contributed by atoms with Crippen LogP contribution in [0.15, 0.2) is 88.5 Å². The Kier molecular flexibility index (Phi) is 10.9. The van der Waals surface area contributed by atoms with Gasteiger partial charge in [-0.15, -0.1) is 11.8 Å². The van der Waals surface area contributed by atoms with Gasteiger partial charge in [-0.2, -0.15) is 0 Å². The first-order valence-electron chi connectivity index (χ1n) is 14.8. The van der Waals surface area contributed by atoms with Crippen LogP contribution in [-0.2, 0) is 53.6 Å². The molecule has 5 rings (SSSR count). The Morgan fingerprint density at radius 1 is 1.04 bits per heavy atom. The second-order valence-corrected chi connectivity index (χ2v) is 14.1. The van der Waals surface area contributed by atoms with Gasteiger partial charge in [-0.05, 0) is 48.7 Å². The Labute approximate surface area is 283 Å². The number of thioether (sulfide) groups is 1. The molecule has 1 saturated heterocycles. The molecule has 1 fully saturated rings. The van der Waals surface area contributed by atoms with Crippen molar-refractivity contribution in [3.8, 4) is 0 Å². The largest absolute Gasteiger partial charge is 0.451 e. The Hall–Kier alpha value is -4.60. The number of hydrogen-bond acceptors (Lipinski definition) is 12. The van der Waals surface area contributed by atoms with E-state index in [1.807, 2.05) is 60.7 Å². The predicted octanol–water partition coefficient (Wildman–Crippen LogP) is 3.34. The molecule has 0 radical (unpaired) electrons. The zero-order chi connectivity index (χ0) is 34.4. The number of carbonyl (C=O) groups excluding carboxylic acids is 5. The second kappa shape index (κ2) is 15.1. The average Bonchev–Trinajstić information content (AvgIpc) is 3.51. The van der Waals surface area contributed by atoms with Gasteiger partial charge in [0.1, 0.15) is 23.7 Å². The van der Waals surface area contributed by atoms with E-state index >= 15 is 0 Å². The van der Waals surface area contributed by atoms with Gasteiger partial charge in [0.15, 0.2) is 12.2 Å². The summed E-state index contributed by atoms with van der Waals surface area (Å²) in [6.07, 6.45) is -0.620. The molecule has 13 nitrogen and oxygen atoms in total. The smallest absolute Gasteiger partial charge is 0.357 e. The standard InChI is InChI=1S/C33H34N4O9S2/c1-33(2,3)32(42)45-19-44-31(41)23-14-15-47-30-25(29(40)37(23)30)36-28(39)27(22-17-48(34)18-35-22)43-16-24(38)46-26(20-10-6-4-7-11-20)21-12-8-5-9-13-21/h4-14,17-18,25-27,30,34H,15-16,19H2,1-3H3,(H,36,39)/t25?,27?,30-,48?/m1/s1. The molecule has 3 heterocycles. The highest BCUT2D eigenvalue weighted by Crippen LogP contribution is 2.38. The van der Waals surface area contributed by atoms with Crippen molar-refractivity contribution < 1.29 is 42.9 Å². The van der Waals surface area contributed by atoms with Gasteiger partial charge in [-0.3, -0.25) is 24.1 Å². The summed E-state index contributed by atoms with van der Waals surface area (Å²) in [6.45, 7) is 3.75. The predicted molar refractivity (Wildman–Crippen MR) is 177 cm³/mol. The molecule has 4 atom stereocenters. The number of carbonyl (C=O) groups is 5. The van der Waals surface area contributed by atoms with Gasteiger partial charge < -0.3 is 24.3 Å². The molecule has 48 heavy (non-hydrogen) atoms. The van der Waals surface area contributed by atoms with Crippen LogP contribution < -0.4 is 5.32 Å². The van der Waals surface area contributed by atoms with E-state index in [-0.39, 0.29) is 11.4 Å². The van der Waals surface area contributed by atoms with E-state index in [1.165, 1.54) is 33.7 Å². The van der Waals surface area contributed by atoms with Crippen molar-refractivity contribution in [3.05, 3.63) is 94.7 Å². The van der Waals surface area contributed by atoms with Gasteiger partial charge in [-0.25, -0.2) is 14.6 Å². The van der Waals surface area contributed by atoms with E-state index < -0.39 is 82.9 Å². The molecular weight excluding hydrogens is 661 g/mol. The van der Waals surface area contributed by atoms with Gasteiger partial charge in [0.05, 0.1) is 16.7 Å².